The highest BCUT2D eigenvalue weighted by atomic mass is 35.5. The maximum absolute atomic E-state index is 13.9. The van der Waals surface area contributed by atoms with Crippen LogP contribution in [0.2, 0.25) is 10.0 Å². The minimum atomic E-state index is -0.410. The van der Waals surface area contributed by atoms with E-state index in [-0.39, 0.29) is 13.2 Å². The van der Waals surface area contributed by atoms with Crippen LogP contribution in [-0.4, -0.2) is 75.6 Å². The number of hydrogen-bond acceptors (Lipinski definition) is 10. The van der Waals surface area contributed by atoms with Gasteiger partial charge in [0, 0.05) is 78.7 Å². The maximum Gasteiger partial charge on any atom is 0.341 e. The van der Waals surface area contributed by atoms with Gasteiger partial charge in [0.2, 0.25) is 0 Å². The van der Waals surface area contributed by atoms with Gasteiger partial charge < -0.3 is 27.8 Å². The van der Waals surface area contributed by atoms with Gasteiger partial charge in [-0.05, 0) is 36.1 Å². The monoisotopic (exact) mass is 862 g/mol. The van der Waals surface area contributed by atoms with Gasteiger partial charge in [-0.3, -0.25) is 9.80 Å². The van der Waals surface area contributed by atoms with Crippen LogP contribution >= 0.6 is 23.2 Å². The number of morpholine rings is 2. The first-order chi connectivity index (χ1) is 29.9. The van der Waals surface area contributed by atoms with E-state index in [2.05, 4.69) is 23.0 Å². The lowest BCUT2D eigenvalue weighted by Crippen LogP contribution is -2.37. The maximum atomic E-state index is 13.9. The normalized spacial score (nSPS) is 15.0. The van der Waals surface area contributed by atoms with Gasteiger partial charge in [-0.2, -0.15) is 0 Å². The Bertz CT molecular complexity index is 2470. The Morgan fingerprint density at radius 1 is 0.590 bits per heavy atom. The quantitative estimate of drug-likeness (QED) is 0.0531. The van der Waals surface area contributed by atoms with Crippen LogP contribution in [0.4, 0.5) is 0 Å². The van der Waals surface area contributed by atoms with Crippen molar-refractivity contribution in [1.29, 1.82) is 0 Å². The third-order valence-electron chi connectivity index (χ3n) is 11.2. The average molecular weight is 864 g/mol. The van der Waals surface area contributed by atoms with E-state index in [1.807, 2.05) is 72.8 Å². The highest BCUT2D eigenvalue weighted by Gasteiger charge is 2.27. The van der Waals surface area contributed by atoms with Crippen molar-refractivity contribution in [3.63, 3.8) is 0 Å². The van der Waals surface area contributed by atoms with Crippen LogP contribution in [-0.2, 0) is 35.4 Å². The van der Waals surface area contributed by atoms with Crippen LogP contribution in [0.15, 0.2) is 117 Å². The van der Waals surface area contributed by atoms with E-state index < -0.39 is 11.3 Å². The molecule has 2 aliphatic heterocycles. The molecule has 316 valence electrons. The molecule has 2 saturated heterocycles. The van der Waals surface area contributed by atoms with Crippen LogP contribution in [0, 0.1) is 0 Å². The molecule has 0 bridgehead atoms. The topological polar surface area (TPSA) is 104 Å². The van der Waals surface area contributed by atoms with Crippen LogP contribution in [0.5, 0.6) is 11.5 Å². The Labute approximate surface area is 364 Å². The zero-order chi connectivity index (χ0) is 42.3. The van der Waals surface area contributed by atoms with E-state index in [1.165, 1.54) is 0 Å². The number of nitrogens with zero attached hydrogens (tertiary/aromatic N) is 2. The summed E-state index contributed by atoms with van der Waals surface area (Å²) in [6.07, 6.45) is 4.62. The molecule has 0 unspecified atom stereocenters. The van der Waals surface area contributed by atoms with Crippen molar-refractivity contribution in [3.8, 4) is 33.8 Å². The largest absolute Gasteiger partial charge is 0.491 e. The Morgan fingerprint density at radius 3 is 1.36 bits per heavy atom. The first-order valence-electron chi connectivity index (χ1n) is 20.7. The molecule has 8 rings (SSSR count). The molecular weight excluding hydrogens is 815 g/mol. The molecule has 0 saturated carbocycles. The molecule has 0 N–H and O–H groups in total. The fourth-order valence-electron chi connectivity index (χ4n) is 8.28. The molecule has 0 spiro atoms. The highest BCUT2D eigenvalue weighted by molar-refractivity contribution is 6.33. The standard InChI is InChI=1S/C49H48Cl2N2O8/c1-3-12-34-44-36(42(32-14-7-5-8-15-32)38(48(54)60-44)30-52-18-24-56-25-19-52)28-40(50)46(34)58-22-11-23-59-47-35(13-4-2)45-37(29-41(47)51)43(33-16-9-6-10-17-33)39(49(55)61-45)31-53-20-26-57-27-21-53/h3-10,14-17,28-29H,1-2,11-13,18-27,30-31H2. The zero-order valence-corrected chi connectivity index (χ0v) is 35.5. The van der Waals surface area contributed by atoms with Crippen molar-refractivity contribution in [2.75, 3.05) is 65.8 Å². The van der Waals surface area contributed by atoms with Crippen molar-refractivity contribution in [2.24, 2.45) is 0 Å². The average Bonchev–Trinajstić information content (AvgIpc) is 3.28. The molecule has 10 nitrogen and oxygen atoms in total. The lowest BCUT2D eigenvalue weighted by atomic mass is 9.94. The van der Waals surface area contributed by atoms with Gasteiger partial charge in [-0.15, -0.1) is 13.2 Å². The van der Waals surface area contributed by atoms with Crippen LogP contribution < -0.4 is 20.7 Å². The summed E-state index contributed by atoms with van der Waals surface area (Å²) in [5.41, 5.74) is 5.75. The number of rotatable bonds is 16. The minimum absolute atomic E-state index is 0.223. The van der Waals surface area contributed by atoms with Gasteiger partial charge in [0.25, 0.3) is 0 Å². The Balaban J connectivity index is 1.08. The van der Waals surface area contributed by atoms with Crippen molar-refractivity contribution < 1.29 is 27.8 Å². The molecule has 6 aromatic rings. The molecule has 61 heavy (non-hydrogen) atoms. The molecular formula is C49H48Cl2N2O8. The van der Waals surface area contributed by atoms with Crippen molar-refractivity contribution >= 4 is 45.1 Å². The fraction of sp³-hybridized carbons (Fsp3) is 0.306. The van der Waals surface area contributed by atoms with Crippen molar-refractivity contribution in [3.05, 3.63) is 151 Å². The molecule has 2 aliphatic rings. The van der Waals surface area contributed by atoms with E-state index in [0.29, 0.717) is 114 Å². The smallest absolute Gasteiger partial charge is 0.341 e. The van der Waals surface area contributed by atoms with Crippen molar-refractivity contribution in [2.45, 2.75) is 32.4 Å². The van der Waals surface area contributed by atoms with Gasteiger partial charge in [-0.25, -0.2) is 9.59 Å². The molecule has 0 atom stereocenters. The van der Waals surface area contributed by atoms with E-state index in [4.69, 9.17) is 51.0 Å². The predicted octanol–water partition coefficient (Wildman–Crippen LogP) is 9.51. The predicted molar refractivity (Wildman–Crippen MR) is 241 cm³/mol. The van der Waals surface area contributed by atoms with E-state index >= 15 is 0 Å². The fourth-order valence-corrected chi connectivity index (χ4v) is 8.83. The lowest BCUT2D eigenvalue weighted by molar-refractivity contribution is 0.0338. The number of fused-ring (bicyclic) bond motifs is 2. The minimum Gasteiger partial charge on any atom is -0.491 e. The summed E-state index contributed by atoms with van der Waals surface area (Å²) in [4.78, 5) is 32.2. The number of halogens is 2. The number of ether oxygens (including phenoxy) is 4. The highest BCUT2D eigenvalue weighted by Crippen LogP contribution is 2.43. The lowest BCUT2D eigenvalue weighted by Gasteiger charge is -2.27. The third-order valence-corrected chi connectivity index (χ3v) is 11.7. The summed E-state index contributed by atoms with van der Waals surface area (Å²) in [5, 5.41) is 2.22. The molecule has 2 aromatic heterocycles. The van der Waals surface area contributed by atoms with Gasteiger partial charge in [-0.1, -0.05) is 96.0 Å². The Kier molecular flexibility index (Phi) is 13.7. The molecule has 4 heterocycles. The molecule has 0 radical (unpaired) electrons. The molecule has 4 aromatic carbocycles. The summed E-state index contributed by atoms with van der Waals surface area (Å²) in [5.74, 6) is 0.827. The van der Waals surface area contributed by atoms with Crippen molar-refractivity contribution in [1.82, 2.24) is 9.80 Å². The molecule has 0 aliphatic carbocycles. The van der Waals surface area contributed by atoms with Gasteiger partial charge >= 0.3 is 11.3 Å². The van der Waals surface area contributed by atoms with E-state index in [1.54, 1.807) is 12.2 Å². The Morgan fingerprint density at radius 2 is 0.984 bits per heavy atom. The second-order valence-corrected chi connectivity index (χ2v) is 15.9. The summed E-state index contributed by atoms with van der Waals surface area (Å²) in [6.45, 7) is 14.5. The summed E-state index contributed by atoms with van der Waals surface area (Å²) in [7, 11) is 0. The SMILES string of the molecule is C=CCc1c(OCCCOc2c(Cl)cc3c(-c4ccccc4)c(CN4CCOCC4)c(=O)oc3c2CC=C)c(Cl)cc2c(-c3ccccc3)c(CN3CCOCC3)c(=O)oc12. The summed E-state index contributed by atoms with van der Waals surface area (Å²) in [6, 6.07) is 23.3. The van der Waals surface area contributed by atoms with Crippen LogP contribution in [0.25, 0.3) is 44.2 Å². The van der Waals surface area contributed by atoms with E-state index in [9.17, 15) is 9.59 Å². The zero-order valence-electron chi connectivity index (χ0n) is 34.0. The molecule has 2 fully saturated rings. The second kappa shape index (κ2) is 19.7. The Hall–Kier alpha value is -5.20. The second-order valence-electron chi connectivity index (χ2n) is 15.1. The van der Waals surface area contributed by atoms with Gasteiger partial charge in [0.05, 0.1) is 60.8 Å². The summed E-state index contributed by atoms with van der Waals surface area (Å²) < 4.78 is 36.2. The molecule has 12 heteroatoms. The third kappa shape index (κ3) is 9.21. The first kappa shape index (κ1) is 42.5. The number of allylic oxidation sites excluding steroid dienone is 2. The van der Waals surface area contributed by atoms with Crippen LogP contribution in [0.1, 0.15) is 28.7 Å². The van der Waals surface area contributed by atoms with E-state index in [0.717, 1.165) is 59.2 Å². The van der Waals surface area contributed by atoms with Crippen LogP contribution in [0.3, 0.4) is 0 Å². The number of hydrogen-bond donors (Lipinski definition) is 0. The first-order valence-corrected chi connectivity index (χ1v) is 21.4. The van der Waals surface area contributed by atoms with Gasteiger partial charge in [0.1, 0.15) is 22.7 Å². The van der Waals surface area contributed by atoms with Gasteiger partial charge in [0.15, 0.2) is 0 Å². The number of benzene rings is 4. The molecule has 0 amide bonds. The summed E-state index contributed by atoms with van der Waals surface area (Å²) >= 11 is 14.1.